The van der Waals surface area contributed by atoms with E-state index in [4.69, 9.17) is 10.5 Å². The van der Waals surface area contributed by atoms with E-state index in [1.807, 2.05) is 19.1 Å². The second-order valence-electron chi connectivity index (χ2n) is 4.64. The predicted molar refractivity (Wildman–Crippen MR) is 69.4 cm³/mol. The van der Waals surface area contributed by atoms with E-state index in [0.29, 0.717) is 6.61 Å². The third-order valence-electron chi connectivity index (χ3n) is 3.07. The van der Waals surface area contributed by atoms with E-state index < -0.39 is 0 Å². The van der Waals surface area contributed by atoms with Crippen molar-refractivity contribution in [2.24, 2.45) is 5.73 Å². The number of aryl methyl sites for hydroxylation is 1. The van der Waals surface area contributed by atoms with Crippen molar-refractivity contribution in [3.05, 3.63) is 41.9 Å². The minimum atomic E-state index is 0.0804. The van der Waals surface area contributed by atoms with Crippen LogP contribution in [0, 0.1) is 6.92 Å². The normalized spacial score (nSPS) is 18.0. The molecule has 92 valence electrons. The molecule has 1 aromatic heterocycles. The molecule has 0 radical (unpaired) electrons. The van der Waals surface area contributed by atoms with Crippen molar-refractivity contribution in [1.29, 1.82) is 0 Å². The first-order valence-electron chi connectivity index (χ1n) is 6.03. The molecular weight excluding hydrogens is 226 g/mol. The van der Waals surface area contributed by atoms with Crippen molar-refractivity contribution in [3.63, 3.8) is 0 Å². The first kappa shape index (κ1) is 11.2. The monoisotopic (exact) mass is 241 g/mol. The Balaban J connectivity index is 1.99. The Bertz CT molecular complexity index is 566. The summed E-state index contributed by atoms with van der Waals surface area (Å²) in [5.41, 5.74) is 9.90. The number of hydrogen-bond acceptors (Lipinski definition) is 4. The molecule has 18 heavy (non-hydrogen) atoms. The van der Waals surface area contributed by atoms with Crippen molar-refractivity contribution in [1.82, 2.24) is 9.97 Å². The first-order chi connectivity index (χ1) is 8.72. The van der Waals surface area contributed by atoms with Gasteiger partial charge in [-0.15, -0.1) is 0 Å². The van der Waals surface area contributed by atoms with Crippen LogP contribution in [0.25, 0.3) is 11.3 Å². The van der Waals surface area contributed by atoms with E-state index in [9.17, 15) is 0 Å². The Labute approximate surface area is 106 Å². The van der Waals surface area contributed by atoms with E-state index >= 15 is 0 Å². The molecule has 0 fully saturated rings. The smallest absolute Gasteiger partial charge is 0.122 e. The molecule has 2 heterocycles. The van der Waals surface area contributed by atoms with Crippen LogP contribution in [0.1, 0.15) is 11.3 Å². The van der Waals surface area contributed by atoms with Gasteiger partial charge in [0.05, 0.1) is 17.6 Å². The van der Waals surface area contributed by atoms with E-state index in [-0.39, 0.29) is 6.04 Å². The van der Waals surface area contributed by atoms with E-state index in [1.165, 1.54) is 0 Å². The highest BCUT2D eigenvalue weighted by atomic mass is 16.5. The largest absolute Gasteiger partial charge is 0.492 e. The molecule has 1 atom stereocenters. The van der Waals surface area contributed by atoms with Crippen LogP contribution >= 0.6 is 0 Å². The molecule has 2 N–H and O–H groups in total. The average molecular weight is 241 g/mol. The molecule has 1 aromatic carbocycles. The lowest BCUT2D eigenvalue weighted by Gasteiger charge is -2.22. The van der Waals surface area contributed by atoms with Crippen LogP contribution in [0.4, 0.5) is 0 Å². The van der Waals surface area contributed by atoms with E-state index in [1.54, 1.807) is 12.4 Å². The molecule has 2 aromatic rings. The molecule has 0 saturated heterocycles. The average Bonchev–Trinajstić information content (AvgIpc) is 2.38. The molecule has 0 spiro atoms. The van der Waals surface area contributed by atoms with Gasteiger partial charge in [0.2, 0.25) is 0 Å². The summed E-state index contributed by atoms with van der Waals surface area (Å²) in [4.78, 5) is 8.65. The maximum atomic E-state index is 5.91. The zero-order valence-electron chi connectivity index (χ0n) is 10.3. The van der Waals surface area contributed by atoms with Crippen LogP contribution in [0.5, 0.6) is 5.75 Å². The van der Waals surface area contributed by atoms with Gasteiger partial charge < -0.3 is 10.5 Å². The van der Waals surface area contributed by atoms with Gasteiger partial charge in [0.1, 0.15) is 12.4 Å². The van der Waals surface area contributed by atoms with Gasteiger partial charge in [0.15, 0.2) is 0 Å². The van der Waals surface area contributed by atoms with E-state index in [0.717, 1.165) is 34.7 Å². The lowest BCUT2D eigenvalue weighted by Crippen LogP contribution is -2.33. The summed E-state index contributed by atoms with van der Waals surface area (Å²) in [7, 11) is 0. The molecule has 4 heteroatoms. The number of hydrogen-bond donors (Lipinski definition) is 1. The van der Waals surface area contributed by atoms with Crippen molar-refractivity contribution in [2.75, 3.05) is 6.61 Å². The van der Waals surface area contributed by atoms with Crippen LogP contribution in [-0.4, -0.2) is 22.6 Å². The molecule has 1 aliphatic heterocycles. The Hall–Kier alpha value is -1.94. The maximum Gasteiger partial charge on any atom is 0.122 e. The molecular formula is C14H15N3O. The highest BCUT2D eigenvalue weighted by Gasteiger charge is 2.17. The van der Waals surface area contributed by atoms with Gasteiger partial charge in [-0.3, -0.25) is 9.97 Å². The standard InChI is InChI=1S/C14H15N3O/c1-9-6-17-13(7-16-9)10-2-3-14-11(4-10)5-12(15)8-18-14/h2-4,6-7,12H,5,8,15H2,1H3. The van der Waals surface area contributed by atoms with Gasteiger partial charge >= 0.3 is 0 Å². The van der Waals surface area contributed by atoms with Gasteiger partial charge in [-0.2, -0.15) is 0 Å². The number of fused-ring (bicyclic) bond motifs is 1. The number of benzene rings is 1. The topological polar surface area (TPSA) is 61.0 Å². The van der Waals surface area contributed by atoms with Gasteiger partial charge in [0.25, 0.3) is 0 Å². The summed E-state index contributed by atoms with van der Waals surface area (Å²) in [6, 6.07) is 6.16. The predicted octanol–water partition coefficient (Wildman–Crippen LogP) is 1.71. The fourth-order valence-electron chi connectivity index (χ4n) is 2.12. The molecule has 0 aliphatic carbocycles. The zero-order valence-corrected chi connectivity index (χ0v) is 10.3. The number of ether oxygens (including phenoxy) is 1. The van der Waals surface area contributed by atoms with Gasteiger partial charge in [-0.1, -0.05) is 0 Å². The van der Waals surface area contributed by atoms with Crippen molar-refractivity contribution in [2.45, 2.75) is 19.4 Å². The second kappa shape index (κ2) is 4.38. The van der Waals surface area contributed by atoms with Crippen LogP contribution in [0.15, 0.2) is 30.6 Å². The molecule has 3 rings (SSSR count). The van der Waals surface area contributed by atoms with Crippen LogP contribution in [-0.2, 0) is 6.42 Å². The van der Waals surface area contributed by atoms with Crippen molar-refractivity contribution < 1.29 is 4.74 Å². The zero-order chi connectivity index (χ0) is 12.5. The quantitative estimate of drug-likeness (QED) is 0.825. The minimum Gasteiger partial charge on any atom is -0.492 e. The maximum absolute atomic E-state index is 5.91. The summed E-state index contributed by atoms with van der Waals surface area (Å²) in [5, 5.41) is 0. The Kier molecular flexibility index (Phi) is 2.72. The summed E-state index contributed by atoms with van der Waals surface area (Å²) in [5.74, 6) is 0.931. The molecule has 0 saturated carbocycles. The number of rotatable bonds is 1. The molecule has 1 aliphatic rings. The SMILES string of the molecule is Cc1cnc(-c2ccc3c(c2)CC(N)CO3)cn1. The number of nitrogens with zero attached hydrogens (tertiary/aromatic N) is 2. The second-order valence-corrected chi connectivity index (χ2v) is 4.64. The Morgan fingerprint density at radius 3 is 2.94 bits per heavy atom. The summed E-state index contributed by atoms with van der Waals surface area (Å²) < 4.78 is 5.58. The van der Waals surface area contributed by atoms with Crippen molar-refractivity contribution in [3.8, 4) is 17.0 Å². The Morgan fingerprint density at radius 1 is 1.28 bits per heavy atom. The minimum absolute atomic E-state index is 0.0804. The fourth-order valence-corrected chi connectivity index (χ4v) is 2.12. The fraction of sp³-hybridized carbons (Fsp3) is 0.286. The van der Waals surface area contributed by atoms with E-state index in [2.05, 4.69) is 16.0 Å². The van der Waals surface area contributed by atoms with Crippen LogP contribution in [0.2, 0.25) is 0 Å². The number of nitrogens with two attached hydrogens (primary N) is 1. The summed E-state index contributed by atoms with van der Waals surface area (Å²) in [6.07, 6.45) is 4.42. The van der Waals surface area contributed by atoms with Crippen LogP contribution in [0.3, 0.4) is 0 Å². The molecule has 1 unspecified atom stereocenters. The summed E-state index contributed by atoms with van der Waals surface area (Å²) >= 11 is 0. The Morgan fingerprint density at radius 2 is 2.17 bits per heavy atom. The van der Waals surface area contributed by atoms with Crippen molar-refractivity contribution >= 4 is 0 Å². The summed E-state index contributed by atoms with van der Waals surface area (Å²) in [6.45, 7) is 2.52. The molecule has 0 amide bonds. The number of aromatic nitrogens is 2. The first-order valence-corrected chi connectivity index (χ1v) is 6.03. The van der Waals surface area contributed by atoms with Crippen LogP contribution < -0.4 is 10.5 Å². The van der Waals surface area contributed by atoms with Gasteiger partial charge in [-0.25, -0.2) is 0 Å². The third-order valence-corrected chi connectivity index (χ3v) is 3.07. The van der Waals surface area contributed by atoms with Gasteiger partial charge in [0, 0.05) is 17.8 Å². The lowest BCUT2D eigenvalue weighted by atomic mass is 10.00. The third kappa shape index (κ3) is 2.07. The highest BCUT2D eigenvalue weighted by Crippen LogP contribution is 2.28. The molecule has 0 bridgehead atoms. The lowest BCUT2D eigenvalue weighted by molar-refractivity contribution is 0.263. The molecule has 4 nitrogen and oxygen atoms in total. The highest BCUT2D eigenvalue weighted by molar-refractivity contribution is 5.61. The van der Waals surface area contributed by atoms with Gasteiger partial charge in [-0.05, 0) is 37.1 Å².